The fraction of sp³-hybridized carbons (Fsp3) is 0.786. The summed E-state index contributed by atoms with van der Waals surface area (Å²) in [5.41, 5.74) is 1.21. The molecule has 2 heterocycles. The molecule has 108 valence electrons. The van der Waals surface area contributed by atoms with E-state index < -0.39 is 0 Å². The molecule has 0 radical (unpaired) electrons. The zero-order valence-electron chi connectivity index (χ0n) is 12.3. The summed E-state index contributed by atoms with van der Waals surface area (Å²) in [6.07, 6.45) is 2.43. The maximum absolute atomic E-state index is 5.19. The molecule has 2 atom stereocenters. The fourth-order valence-electron chi connectivity index (χ4n) is 2.58. The number of aromatic nitrogens is 1. The number of rotatable bonds is 5. The van der Waals surface area contributed by atoms with Gasteiger partial charge in [-0.25, -0.2) is 4.98 Å². The van der Waals surface area contributed by atoms with Crippen molar-refractivity contribution < 1.29 is 4.74 Å². The number of nitrogens with one attached hydrogen (secondary N) is 1. The summed E-state index contributed by atoms with van der Waals surface area (Å²) < 4.78 is 5.19. The number of hydrogen-bond acceptors (Lipinski definition) is 5. The van der Waals surface area contributed by atoms with Crippen LogP contribution < -0.4 is 5.32 Å². The smallest absolute Gasteiger partial charge is 0.114 e. The van der Waals surface area contributed by atoms with E-state index in [9.17, 15) is 0 Å². The molecule has 2 unspecified atom stereocenters. The highest BCUT2D eigenvalue weighted by Crippen LogP contribution is 2.43. The Kier molecular flexibility index (Phi) is 5.29. The molecule has 1 aliphatic rings. The zero-order chi connectivity index (χ0) is 13.9. The normalized spacial score (nSPS) is 27.7. The SMILES string of the molecule is COCCNC1(c2nc(C)c(C)s2)CCCSC1C. The Hall–Kier alpha value is -0.100. The number of nitrogens with zero attached hydrogens (tertiary/aromatic N) is 1. The molecule has 5 heteroatoms. The lowest BCUT2D eigenvalue weighted by molar-refractivity contribution is 0.178. The second kappa shape index (κ2) is 6.57. The minimum Gasteiger partial charge on any atom is -0.383 e. The highest BCUT2D eigenvalue weighted by Gasteiger charge is 2.42. The van der Waals surface area contributed by atoms with Gasteiger partial charge in [-0.05, 0) is 32.4 Å². The second-order valence-electron chi connectivity index (χ2n) is 5.17. The summed E-state index contributed by atoms with van der Waals surface area (Å²) in [4.78, 5) is 6.18. The van der Waals surface area contributed by atoms with Crippen molar-refractivity contribution in [2.75, 3.05) is 26.0 Å². The number of thiazole rings is 1. The largest absolute Gasteiger partial charge is 0.383 e. The van der Waals surface area contributed by atoms with Crippen LogP contribution in [0.4, 0.5) is 0 Å². The molecule has 1 fully saturated rings. The van der Waals surface area contributed by atoms with Crippen LogP contribution in [0.1, 0.15) is 35.3 Å². The van der Waals surface area contributed by atoms with Gasteiger partial charge < -0.3 is 10.1 Å². The molecule has 0 spiro atoms. The van der Waals surface area contributed by atoms with E-state index in [1.54, 1.807) is 7.11 Å². The molecule has 1 aromatic rings. The Bertz CT molecular complexity index is 402. The van der Waals surface area contributed by atoms with E-state index >= 15 is 0 Å². The van der Waals surface area contributed by atoms with Crippen molar-refractivity contribution in [3.63, 3.8) is 0 Å². The van der Waals surface area contributed by atoms with E-state index in [-0.39, 0.29) is 5.54 Å². The Labute approximate surface area is 124 Å². The molecule has 0 aliphatic carbocycles. The van der Waals surface area contributed by atoms with Crippen LogP contribution in [-0.2, 0) is 10.3 Å². The molecule has 0 aromatic carbocycles. The van der Waals surface area contributed by atoms with Crippen molar-refractivity contribution in [1.29, 1.82) is 0 Å². The van der Waals surface area contributed by atoms with Crippen LogP contribution in [0.5, 0.6) is 0 Å². The molecule has 0 bridgehead atoms. The third-order valence-corrected chi connectivity index (χ3v) is 6.61. The maximum atomic E-state index is 5.19. The minimum atomic E-state index is 0.0329. The van der Waals surface area contributed by atoms with Crippen LogP contribution in [-0.4, -0.2) is 36.2 Å². The number of hydrogen-bond donors (Lipinski definition) is 1. The summed E-state index contributed by atoms with van der Waals surface area (Å²) in [5.74, 6) is 1.26. The van der Waals surface area contributed by atoms with E-state index in [1.165, 1.54) is 34.2 Å². The topological polar surface area (TPSA) is 34.1 Å². The predicted molar refractivity (Wildman–Crippen MR) is 84.3 cm³/mol. The molecule has 2 rings (SSSR count). The first-order valence-corrected chi connectivity index (χ1v) is 8.77. The summed E-state index contributed by atoms with van der Waals surface area (Å²) in [7, 11) is 1.76. The van der Waals surface area contributed by atoms with Gasteiger partial charge in [0, 0.05) is 23.8 Å². The number of thioether (sulfide) groups is 1. The van der Waals surface area contributed by atoms with Gasteiger partial charge in [0.2, 0.25) is 0 Å². The van der Waals surface area contributed by atoms with Gasteiger partial charge in [0.25, 0.3) is 0 Å². The van der Waals surface area contributed by atoms with Crippen LogP contribution in [0, 0.1) is 13.8 Å². The van der Waals surface area contributed by atoms with Gasteiger partial charge in [0.05, 0.1) is 17.8 Å². The molecule has 3 nitrogen and oxygen atoms in total. The van der Waals surface area contributed by atoms with Gasteiger partial charge in [-0.1, -0.05) is 6.92 Å². The first-order valence-electron chi connectivity index (χ1n) is 6.90. The number of methoxy groups -OCH3 is 1. The summed E-state index contributed by atoms with van der Waals surface area (Å²) in [5, 5.41) is 5.57. The van der Waals surface area contributed by atoms with Gasteiger partial charge in [-0.2, -0.15) is 11.8 Å². The highest BCUT2D eigenvalue weighted by atomic mass is 32.2. The quantitative estimate of drug-likeness (QED) is 0.847. The van der Waals surface area contributed by atoms with Crippen LogP contribution in [0.2, 0.25) is 0 Å². The van der Waals surface area contributed by atoms with E-state index in [4.69, 9.17) is 9.72 Å². The van der Waals surface area contributed by atoms with Gasteiger partial charge in [-0.15, -0.1) is 11.3 Å². The van der Waals surface area contributed by atoms with Crippen molar-refractivity contribution in [1.82, 2.24) is 10.3 Å². The molecule has 1 saturated heterocycles. The molecule has 1 aliphatic heterocycles. The highest BCUT2D eigenvalue weighted by molar-refractivity contribution is 8.00. The number of ether oxygens (including phenoxy) is 1. The Balaban J connectivity index is 2.27. The van der Waals surface area contributed by atoms with Crippen LogP contribution in [0.3, 0.4) is 0 Å². The lowest BCUT2D eigenvalue weighted by Crippen LogP contribution is -2.52. The maximum Gasteiger partial charge on any atom is 0.114 e. The monoisotopic (exact) mass is 300 g/mol. The average Bonchev–Trinajstić information content (AvgIpc) is 2.73. The fourth-order valence-corrected chi connectivity index (χ4v) is 5.12. The lowest BCUT2D eigenvalue weighted by Gasteiger charge is -2.41. The van der Waals surface area contributed by atoms with Crippen LogP contribution in [0.15, 0.2) is 0 Å². The minimum absolute atomic E-state index is 0.0329. The molecular weight excluding hydrogens is 276 g/mol. The molecule has 1 aromatic heterocycles. The zero-order valence-corrected chi connectivity index (χ0v) is 13.9. The molecule has 19 heavy (non-hydrogen) atoms. The van der Waals surface area contributed by atoms with E-state index in [2.05, 4.69) is 37.8 Å². The van der Waals surface area contributed by atoms with E-state index in [0.717, 1.165) is 13.2 Å². The first-order chi connectivity index (χ1) is 9.10. The van der Waals surface area contributed by atoms with Crippen molar-refractivity contribution in [2.24, 2.45) is 0 Å². The Morgan fingerprint density at radius 3 is 2.84 bits per heavy atom. The van der Waals surface area contributed by atoms with Gasteiger partial charge >= 0.3 is 0 Å². The van der Waals surface area contributed by atoms with Gasteiger partial charge in [0.15, 0.2) is 0 Å². The van der Waals surface area contributed by atoms with Crippen molar-refractivity contribution >= 4 is 23.1 Å². The van der Waals surface area contributed by atoms with E-state index in [0.29, 0.717) is 5.25 Å². The predicted octanol–water partition coefficient (Wildman–Crippen LogP) is 3.11. The first kappa shape index (κ1) is 15.3. The van der Waals surface area contributed by atoms with Crippen molar-refractivity contribution in [3.05, 3.63) is 15.6 Å². The standard InChI is InChI=1S/C14H24N2OS2/c1-10-11(2)19-13(16-10)14(15-7-8-17-4)6-5-9-18-12(14)3/h12,15H,5-9H2,1-4H3. The van der Waals surface area contributed by atoms with Crippen LogP contribution in [0.25, 0.3) is 0 Å². The Morgan fingerprint density at radius 2 is 2.26 bits per heavy atom. The molecule has 0 amide bonds. The summed E-state index contributed by atoms with van der Waals surface area (Å²) >= 11 is 3.91. The average molecular weight is 300 g/mol. The van der Waals surface area contributed by atoms with Crippen molar-refractivity contribution in [3.8, 4) is 0 Å². The third kappa shape index (κ3) is 3.15. The third-order valence-electron chi connectivity index (χ3n) is 3.93. The lowest BCUT2D eigenvalue weighted by atomic mass is 9.90. The van der Waals surface area contributed by atoms with Crippen LogP contribution >= 0.6 is 23.1 Å². The molecule has 1 N–H and O–H groups in total. The summed E-state index contributed by atoms with van der Waals surface area (Å²) in [6, 6.07) is 0. The second-order valence-corrected chi connectivity index (χ2v) is 7.82. The molecule has 0 saturated carbocycles. The van der Waals surface area contributed by atoms with Gasteiger partial charge in [-0.3, -0.25) is 0 Å². The Morgan fingerprint density at radius 1 is 1.47 bits per heavy atom. The van der Waals surface area contributed by atoms with E-state index in [1.807, 2.05) is 11.3 Å². The van der Waals surface area contributed by atoms with Gasteiger partial charge in [0.1, 0.15) is 5.01 Å². The summed E-state index contributed by atoms with van der Waals surface area (Å²) in [6.45, 7) is 8.25. The number of aryl methyl sites for hydroxylation is 2. The van der Waals surface area contributed by atoms with Crippen molar-refractivity contribution in [2.45, 2.75) is 44.4 Å². The molecular formula is C14H24N2OS2.